The van der Waals surface area contributed by atoms with Crippen molar-refractivity contribution in [2.75, 3.05) is 0 Å². The number of aryl methyl sites for hydroxylation is 2. The van der Waals surface area contributed by atoms with Gasteiger partial charge in [-0.05, 0) is 38.5 Å². The van der Waals surface area contributed by atoms with Crippen molar-refractivity contribution in [3.05, 3.63) is 69.5 Å². The largest absolute Gasteiger partial charge is 0.217 e. The fraction of sp³-hybridized carbons (Fsp3) is 0.250. The lowest BCUT2D eigenvalue weighted by Gasteiger charge is -2.05. The van der Waals surface area contributed by atoms with E-state index < -0.39 is 0 Å². The topological polar surface area (TPSA) is 30.7 Å². The Bertz CT molecular complexity index is 1240. The summed E-state index contributed by atoms with van der Waals surface area (Å²) in [7, 11) is 0. The molecule has 2 heterocycles. The van der Waals surface area contributed by atoms with Gasteiger partial charge in [0.25, 0.3) is 0 Å². The highest BCUT2D eigenvalue weighted by molar-refractivity contribution is 8.01. The molecule has 4 rings (SSSR count). The molecule has 0 aliphatic rings. The summed E-state index contributed by atoms with van der Waals surface area (Å²) in [5, 5.41) is 7.20. The van der Waals surface area contributed by atoms with E-state index in [0.717, 1.165) is 37.5 Å². The molecule has 0 saturated heterocycles. The molecule has 7 heteroatoms. The number of aromatic nitrogens is 3. The van der Waals surface area contributed by atoms with E-state index in [1.165, 1.54) is 11.1 Å². The second-order valence-corrected chi connectivity index (χ2v) is 11.4. The van der Waals surface area contributed by atoms with Gasteiger partial charge in [-0.2, -0.15) is 5.10 Å². The first-order valence-corrected chi connectivity index (χ1v) is 12.5. The van der Waals surface area contributed by atoms with E-state index in [2.05, 4.69) is 58.9 Å². The van der Waals surface area contributed by atoms with Gasteiger partial charge in [0, 0.05) is 16.4 Å². The van der Waals surface area contributed by atoms with Crippen molar-refractivity contribution in [1.29, 1.82) is 0 Å². The predicted octanol–water partition coefficient (Wildman–Crippen LogP) is 8.40. The normalized spacial score (nSPS) is 11.5. The van der Waals surface area contributed by atoms with Crippen molar-refractivity contribution in [3.63, 3.8) is 0 Å². The first-order chi connectivity index (χ1) is 14.7. The van der Waals surface area contributed by atoms with Gasteiger partial charge in [-0.15, -0.1) is 11.8 Å². The third kappa shape index (κ3) is 4.56. The summed E-state index contributed by atoms with van der Waals surface area (Å²) >= 11 is 15.9. The number of thioether (sulfide) groups is 1. The maximum atomic E-state index is 6.29. The average Bonchev–Trinajstić information content (AvgIpc) is 3.25. The van der Waals surface area contributed by atoms with Crippen LogP contribution in [-0.4, -0.2) is 20.0 Å². The van der Waals surface area contributed by atoms with E-state index in [1.54, 1.807) is 23.1 Å². The number of benzene rings is 2. The molecule has 0 aliphatic heterocycles. The Morgan fingerprint density at radius 1 is 0.935 bits per heavy atom. The highest BCUT2D eigenvalue weighted by Gasteiger charge is 2.21. The Hall–Kier alpha value is -1.79. The van der Waals surface area contributed by atoms with E-state index in [0.29, 0.717) is 15.3 Å². The van der Waals surface area contributed by atoms with Crippen LogP contribution in [0, 0.1) is 20.8 Å². The maximum Gasteiger partial charge on any atom is 0.212 e. The summed E-state index contributed by atoms with van der Waals surface area (Å²) in [5.74, 6) is 0. The molecule has 0 spiro atoms. The van der Waals surface area contributed by atoms with Crippen molar-refractivity contribution in [2.45, 2.75) is 44.1 Å². The van der Waals surface area contributed by atoms with E-state index in [1.807, 2.05) is 22.9 Å². The zero-order valence-corrected chi connectivity index (χ0v) is 21.2. The molecule has 0 saturated carbocycles. The maximum absolute atomic E-state index is 6.29. The van der Waals surface area contributed by atoms with E-state index in [-0.39, 0.29) is 0 Å². The van der Waals surface area contributed by atoms with Crippen LogP contribution in [-0.2, 0) is 0 Å². The Morgan fingerprint density at radius 3 is 2.26 bits per heavy atom. The second kappa shape index (κ2) is 8.99. The molecule has 0 aliphatic carbocycles. The van der Waals surface area contributed by atoms with Gasteiger partial charge in [-0.1, -0.05) is 84.3 Å². The van der Waals surface area contributed by atoms with Crippen molar-refractivity contribution < 1.29 is 0 Å². The van der Waals surface area contributed by atoms with Gasteiger partial charge in [0.15, 0.2) is 0 Å². The van der Waals surface area contributed by atoms with Gasteiger partial charge >= 0.3 is 0 Å². The van der Waals surface area contributed by atoms with Crippen LogP contribution < -0.4 is 0 Å². The van der Waals surface area contributed by atoms with Crippen molar-refractivity contribution in [2.24, 2.45) is 0 Å². The molecule has 31 heavy (non-hydrogen) atoms. The fourth-order valence-electron chi connectivity index (χ4n) is 3.47. The Kier molecular flexibility index (Phi) is 6.50. The van der Waals surface area contributed by atoms with Gasteiger partial charge in [0.2, 0.25) is 5.13 Å². The van der Waals surface area contributed by atoms with Crippen LogP contribution in [0.1, 0.15) is 30.8 Å². The first kappa shape index (κ1) is 22.4. The highest BCUT2D eigenvalue weighted by Crippen LogP contribution is 2.41. The van der Waals surface area contributed by atoms with E-state index >= 15 is 0 Å². The quantitative estimate of drug-likeness (QED) is 0.264. The molecule has 0 N–H and O–H groups in total. The van der Waals surface area contributed by atoms with Crippen molar-refractivity contribution in [1.82, 2.24) is 14.8 Å². The molecule has 4 aromatic rings. The summed E-state index contributed by atoms with van der Waals surface area (Å²) in [4.78, 5) is 4.99. The van der Waals surface area contributed by atoms with Gasteiger partial charge in [-0.3, -0.25) is 0 Å². The molecule has 160 valence electrons. The molecule has 0 unspecified atom stereocenters. The molecular formula is C24H23Cl2N3S2. The van der Waals surface area contributed by atoms with Crippen LogP contribution in [0.4, 0.5) is 0 Å². The van der Waals surface area contributed by atoms with Crippen LogP contribution in [0.3, 0.4) is 0 Å². The van der Waals surface area contributed by atoms with Gasteiger partial charge < -0.3 is 0 Å². The Balaban J connectivity index is 1.83. The first-order valence-electron chi connectivity index (χ1n) is 10.0. The lowest BCUT2D eigenvalue weighted by Crippen LogP contribution is -1.98. The van der Waals surface area contributed by atoms with Crippen molar-refractivity contribution >= 4 is 46.3 Å². The standard InChI is InChI=1S/C24H23Cl2N3S2/c1-13(2)30-23-22(18-10-11-19(25)20(26)12-18)27-24(31-23)29-16(5)21(15(4)28-29)17-8-6-14(3)7-9-17/h6-13H,1-5H3. The van der Waals surface area contributed by atoms with Crippen LogP contribution >= 0.6 is 46.3 Å². The van der Waals surface area contributed by atoms with Crippen LogP contribution in [0.25, 0.3) is 27.5 Å². The molecular weight excluding hydrogens is 465 g/mol. The monoisotopic (exact) mass is 487 g/mol. The number of hydrogen-bond acceptors (Lipinski definition) is 4. The number of nitrogens with zero attached hydrogens (tertiary/aromatic N) is 3. The third-order valence-corrected chi connectivity index (χ3v) is 7.92. The van der Waals surface area contributed by atoms with Gasteiger partial charge in [0.05, 0.1) is 31.3 Å². The Labute approximate surface area is 201 Å². The molecule has 0 fully saturated rings. The summed E-state index contributed by atoms with van der Waals surface area (Å²) < 4.78 is 3.11. The molecule has 0 amide bonds. The summed E-state index contributed by atoms with van der Waals surface area (Å²) in [5.41, 5.74) is 7.52. The second-order valence-electron chi connectivity index (χ2n) is 7.75. The minimum absolute atomic E-state index is 0.429. The molecule has 2 aromatic carbocycles. The molecule has 0 bridgehead atoms. The predicted molar refractivity (Wildman–Crippen MR) is 135 cm³/mol. The number of halogens is 2. The van der Waals surface area contributed by atoms with E-state index in [4.69, 9.17) is 33.3 Å². The van der Waals surface area contributed by atoms with Crippen LogP contribution in [0.15, 0.2) is 46.7 Å². The zero-order chi connectivity index (χ0) is 22.3. The Morgan fingerprint density at radius 2 is 1.61 bits per heavy atom. The molecule has 0 radical (unpaired) electrons. The number of rotatable bonds is 5. The lowest BCUT2D eigenvalue weighted by atomic mass is 10.0. The van der Waals surface area contributed by atoms with Crippen LogP contribution in [0.5, 0.6) is 0 Å². The lowest BCUT2D eigenvalue weighted by molar-refractivity contribution is 0.826. The van der Waals surface area contributed by atoms with Gasteiger partial charge in [-0.25, -0.2) is 9.67 Å². The zero-order valence-electron chi connectivity index (χ0n) is 18.0. The molecule has 0 atom stereocenters. The number of thiazole rings is 1. The number of hydrogen-bond donors (Lipinski definition) is 0. The van der Waals surface area contributed by atoms with Gasteiger partial charge in [0.1, 0.15) is 0 Å². The minimum Gasteiger partial charge on any atom is -0.217 e. The van der Waals surface area contributed by atoms with E-state index in [9.17, 15) is 0 Å². The smallest absolute Gasteiger partial charge is 0.212 e. The summed E-state index contributed by atoms with van der Waals surface area (Å²) in [6.45, 7) is 10.6. The SMILES string of the molecule is Cc1ccc(-c2c(C)nn(-c3nc(-c4ccc(Cl)c(Cl)c4)c(SC(C)C)s3)c2C)cc1. The summed E-state index contributed by atoms with van der Waals surface area (Å²) in [6, 6.07) is 14.2. The fourth-order valence-corrected chi connectivity index (χ4v) is 6.29. The summed E-state index contributed by atoms with van der Waals surface area (Å²) in [6.07, 6.45) is 0. The molecule has 2 aromatic heterocycles. The minimum atomic E-state index is 0.429. The average molecular weight is 489 g/mol. The third-order valence-electron chi connectivity index (χ3n) is 4.93. The molecule has 3 nitrogen and oxygen atoms in total. The van der Waals surface area contributed by atoms with Crippen molar-refractivity contribution in [3.8, 4) is 27.5 Å². The highest BCUT2D eigenvalue weighted by atomic mass is 35.5. The van der Waals surface area contributed by atoms with Crippen LogP contribution in [0.2, 0.25) is 10.0 Å².